The highest BCUT2D eigenvalue weighted by Gasteiger charge is 2.30. The minimum Gasteiger partial charge on any atom is -0.388 e. The topological polar surface area (TPSA) is 33.1 Å². The van der Waals surface area contributed by atoms with E-state index in [4.69, 9.17) is 0 Å². The van der Waals surface area contributed by atoms with E-state index in [-0.39, 0.29) is 18.5 Å². The molecule has 1 N–H and O–H groups in total. The van der Waals surface area contributed by atoms with E-state index < -0.39 is 0 Å². The highest BCUT2D eigenvalue weighted by atomic mass is 35.5. The maximum Gasteiger partial charge on any atom is 0.0819 e. The van der Waals surface area contributed by atoms with Gasteiger partial charge in [0.1, 0.15) is 0 Å². The molecule has 1 aromatic rings. The van der Waals surface area contributed by atoms with Crippen molar-refractivity contribution in [3.63, 3.8) is 0 Å². The maximum absolute atomic E-state index is 9.63. The van der Waals surface area contributed by atoms with E-state index >= 15 is 0 Å². The molecule has 2 nitrogen and oxygen atoms in total. The van der Waals surface area contributed by atoms with Crippen LogP contribution in [0.3, 0.4) is 0 Å². The third-order valence-corrected chi connectivity index (χ3v) is 2.12. The van der Waals surface area contributed by atoms with Gasteiger partial charge in [-0.05, 0) is 36.5 Å². The standard InChI is InChI=1S/C9H11NO.ClH/c11-9(7-1-2-7)8-3-5-10-6-4-8;/h3-7,9,11H,1-2H2;1H/t9-;/m0./s1. The molecule has 66 valence electrons. The number of aromatic nitrogens is 1. The molecule has 0 aromatic carbocycles. The number of rotatable bonds is 2. The molecule has 1 saturated carbocycles. The third kappa shape index (κ3) is 1.96. The second-order valence-electron chi connectivity index (χ2n) is 3.06. The van der Waals surface area contributed by atoms with E-state index in [1.807, 2.05) is 12.1 Å². The number of pyridine rings is 1. The lowest BCUT2D eigenvalue weighted by Gasteiger charge is -2.07. The van der Waals surface area contributed by atoms with Crippen LogP contribution >= 0.6 is 12.4 Å². The van der Waals surface area contributed by atoms with Gasteiger partial charge >= 0.3 is 0 Å². The molecule has 0 aliphatic heterocycles. The normalized spacial score (nSPS) is 18.1. The number of hydrogen-bond donors (Lipinski definition) is 1. The van der Waals surface area contributed by atoms with Gasteiger partial charge in [-0.1, -0.05) is 0 Å². The van der Waals surface area contributed by atoms with Gasteiger partial charge in [0, 0.05) is 12.4 Å². The van der Waals surface area contributed by atoms with Gasteiger partial charge in [0.2, 0.25) is 0 Å². The fourth-order valence-electron chi connectivity index (χ4n) is 1.24. The van der Waals surface area contributed by atoms with E-state index in [0.29, 0.717) is 5.92 Å². The van der Waals surface area contributed by atoms with Gasteiger partial charge in [-0.25, -0.2) is 0 Å². The molecule has 1 aliphatic rings. The molecule has 0 radical (unpaired) electrons. The van der Waals surface area contributed by atoms with Crippen LogP contribution in [0.5, 0.6) is 0 Å². The van der Waals surface area contributed by atoms with Crippen molar-refractivity contribution < 1.29 is 5.11 Å². The second-order valence-corrected chi connectivity index (χ2v) is 3.06. The summed E-state index contributed by atoms with van der Waals surface area (Å²) in [7, 11) is 0. The van der Waals surface area contributed by atoms with Gasteiger partial charge in [-0.3, -0.25) is 4.98 Å². The zero-order valence-electron chi connectivity index (χ0n) is 6.68. The molecule has 1 aromatic heterocycles. The van der Waals surface area contributed by atoms with Gasteiger partial charge < -0.3 is 5.11 Å². The van der Waals surface area contributed by atoms with E-state index in [1.165, 1.54) is 12.8 Å². The van der Waals surface area contributed by atoms with E-state index in [1.54, 1.807) is 12.4 Å². The SMILES string of the molecule is Cl.O[C@H](c1ccncc1)C1CC1. The second kappa shape index (κ2) is 3.87. The Kier molecular flexibility index (Phi) is 3.06. The molecule has 3 heteroatoms. The smallest absolute Gasteiger partial charge is 0.0819 e. The van der Waals surface area contributed by atoms with Crippen LogP contribution in [0, 0.1) is 5.92 Å². The van der Waals surface area contributed by atoms with E-state index in [9.17, 15) is 5.11 Å². The monoisotopic (exact) mass is 185 g/mol. The van der Waals surface area contributed by atoms with Gasteiger partial charge in [0.25, 0.3) is 0 Å². The number of aliphatic hydroxyl groups is 1. The van der Waals surface area contributed by atoms with Gasteiger partial charge in [-0.2, -0.15) is 0 Å². The Labute approximate surface area is 78.1 Å². The molecule has 0 saturated heterocycles. The Balaban J connectivity index is 0.000000720. The van der Waals surface area contributed by atoms with Crippen LogP contribution in [0.2, 0.25) is 0 Å². The molecular formula is C9H12ClNO. The van der Waals surface area contributed by atoms with Crippen LogP contribution in [0.1, 0.15) is 24.5 Å². The minimum absolute atomic E-state index is 0. The van der Waals surface area contributed by atoms with Crippen LogP contribution in [0.25, 0.3) is 0 Å². The summed E-state index contributed by atoms with van der Waals surface area (Å²) in [4.78, 5) is 3.90. The predicted octanol–water partition coefficient (Wildman–Crippen LogP) is 1.95. The summed E-state index contributed by atoms with van der Waals surface area (Å²) in [6.45, 7) is 0. The average molecular weight is 186 g/mol. The average Bonchev–Trinajstić information content (AvgIpc) is 2.87. The Morgan fingerprint density at radius 1 is 1.33 bits per heavy atom. The Morgan fingerprint density at radius 2 is 1.92 bits per heavy atom. The largest absolute Gasteiger partial charge is 0.388 e. The lowest BCUT2D eigenvalue weighted by atomic mass is 10.1. The van der Waals surface area contributed by atoms with Gasteiger partial charge in [0.05, 0.1) is 6.10 Å². The predicted molar refractivity (Wildman–Crippen MR) is 49.2 cm³/mol. The highest BCUT2D eigenvalue weighted by molar-refractivity contribution is 5.85. The summed E-state index contributed by atoms with van der Waals surface area (Å²) in [5.41, 5.74) is 1.00. The number of aliphatic hydroxyl groups excluding tert-OH is 1. The fourth-order valence-corrected chi connectivity index (χ4v) is 1.24. The molecule has 1 aliphatic carbocycles. The zero-order chi connectivity index (χ0) is 7.68. The highest BCUT2D eigenvalue weighted by Crippen LogP contribution is 2.40. The van der Waals surface area contributed by atoms with Gasteiger partial charge in [0.15, 0.2) is 0 Å². The first kappa shape index (κ1) is 9.49. The number of hydrogen-bond acceptors (Lipinski definition) is 2. The third-order valence-electron chi connectivity index (χ3n) is 2.12. The summed E-state index contributed by atoms with van der Waals surface area (Å²) in [5.74, 6) is 0.511. The van der Waals surface area contributed by atoms with Crippen LogP contribution in [-0.2, 0) is 0 Å². The van der Waals surface area contributed by atoms with E-state index in [2.05, 4.69) is 4.98 Å². The first-order valence-electron chi connectivity index (χ1n) is 3.96. The Hall–Kier alpha value is -0.600. The summed E-state index contributed by atoms with van der Waals surface area (Å²) < 4.78 is 0. The Morgan fingerprint density at radius 3 is 2.42 bits per heavy atom. The minimum atomic E-state index is -0.252. The van der Waals surface area contributed by atoms with Crippen molar-refractivity contribution in [1.82, 2.24) is 4.98 Å². The molecule has 1 atom stereocenters. The molecule has 1 fully saturated rings. The molecule has 0 spiro atoms. The lowest BCUT2D eigenvalue weighted by Crippen LogP contribution is -1.98. The lowest BCUT2D eigenvalue weighted by molar-refractivity contribution is 0.153. The van der Waals surface area contributed by atoms with Crippen molar-refractivity contribution in [2.45, 2.75) is 18.9 Å². The van der Waals surface area contributed by atoms with Crippen molar-refractivity contribution in [2.24, 2.45) is 5.92 Å². The molecule has 1 heterocycles. The van der Waals surface area contributed by atoms with Crippen LogP contribution in [0.15, 0.2) is 24.5 Å². The van der Waals surface area contributed by atoms with Crippen molar-refractivity contribution >= 4 is 12.4 Å². The van der Waals surface area contributed by atoms with Crippen LogP contribution < -0.4 is 0 Å². The molecule has 2 rings (SSSR count). The van der Waals surface area contributed by atoms with Crippen LogP contribution in [-0.4, -0.2) is 10.1 Å². The molecule has 0 bridgehead atoms. The van der Waals surface area contributed by atoms with Crippen molar-refractivity contribution in [1.29, 1.82) is 0 Å². The van der Waals surface area contributed by atoms with Gasteiger partial charge in [-0.15, -0.1) is 12.4 Å². The molecule has 12 heavy (non-hydrogen) atoms. The molecular weight excluding hydrogens is 174 g/mol. The van der Waals surface area contributed by atoms with Crippen molar-refractivity contribution in [2.75, 3.05) is 0 Å². The fraction of sp³-hybridized carbons (Fsp3) is 0.444. The zero-order valence-corrected chi connectivity index (χ0v) is 7.50. The van der Waals surface area contributed by atoms with Crippen molar-refractivity contribution in [3.8, 4) is 0 Å². The van der Waals surface area contributed by atoms with E-state index in [0.717, 1.165) is 5.56 Å². The molecule has 0 unspecified atom stereocenters. The summed E-state index contributed by atoms with van der Waals surface area (Å²) in [6.07, 6.45) is 5.53. The number of nitrogens with zero attached hydrogens (tertiary/aromatic N) is 1. The number of halogens is 1. The first-order valence-corrected chi connectivity index (χ1v) is 3.96. The van der Waals surface area contributed by atoms with Crippen LogP contribution in [0.4, 0.5) is 0 Å². The maximum atomic E-state index is 9.63. The summed E-state index contributed by atoms with van der Waals surface area (Å²) in [6, 6.07) is 3.76. The van der Waals surface area contributed by atoms with Crippen molar-refractivity contribution in [3.05, 3.63) is 30.1 Å². The quantitative estimate of drug-likeness (QED) is 0.764. The Bertz CT molecular complexity index is 236. The molecule has 0 amide bonds. The summed E-state index contributed by atoms with van der Waals surface area (Å²) in [5, 5.41) is 9.63. The first-order chi connectivity index (χ1) is 5.38. The summed E-state index contributed by atoms with van der Waals surface area (Å²) >= 11 is 0.